The lowest BCUT2D eigenvalue weighted by Gasteiger charge is -2.08. The molecule has 0 radical (unpaired) electrons. The maximum Gasteiger partial charge on any atom is 0.411 e. The molecule has 2 aromatic rings. The molecule has 24 heavy (non-hydrogen) atoms. The van der Waals surface area contributed by atoms with Gasteiger partial charge < -0.3 is 10.1 Å². The molecule has 118 valence electrons. The number of nitriles is 2. The molecule has 0 unspecified atom stereocenters. The fraction of sp³-hybridized carbons (Fsp3) is 0.0556. The second kappa shape index (κ2) is 8.62. The van der Waals surface area contributed by atoms with E-state index >= 15 is 0 Å². The number of benzene rings is 2. The summed E-state index contributed by atoms with van der Waals surface area (Å²) in [5, 5.41) is 22.8. The van der Waals surface area contributed by atoms with E-state index in [4.69, 9.17) is 15.3 Å². The second-order valence-electron chi connectivity index (χ2n) is 4.69. The predicted octanol–water partition coefficient (Wildman–Crippen LogP) is 3.78. The van der Waals surface area contributed by atoms with E-state index in [0.717, 1.165) is 5.56 Å². The molecule has 0 bridgehead atoms. The summed E-state index contributed by atoms with van der Waals surface area (Å²) < 4.78 is 5.14. The summed E-state index contributed by atoms with van der Waals surface area (Å²) in [6.07, 6.45) is 0.730. The Morgan fingerprint density at radius 2 is 1.75 bits per heavy atom. The van der Waals surface area contributed by atoms with Crippen LogP contribution < -0.4 is 10.6 Å². The molecule has 0 aliphatic carbocycles. The first kappa shape index (κ1) is 16.6. The normalized spacial score (nSPS) is 9.08. The van der Waals surface area contributed by atoms with Gasteiger partial charge in [0.25, 0.3) is 0 Å². The van der Waals surface area contributed by atoms with Gasteiger partial charge in [0, 0.05) is 17.6 Å². The molecule has 2 rings (SSSR count). The van der Waals surface area contributed by atoms with E-state index in [1.54, 1.807) is 36.4 Å². The van der Waals surface area contributed by atoms with Gasteiger partial charge >= 0.3 is 6.09 Å². The van der Waals surface area contributed by atoms with Crippen molar-refractivity contribution in [3.05, 3.63) is 71.9 Å². The number of rotatable bonds is 5. The number of amides is 1. The van der Waals surface area contributed by atoms with Gasteiger partial charge in [-0.05, 0) is 23.8 Å². The molecule has 0 aliphatic heterocycles. The minimum absolute atomic E-state index is 0.0457. The molecule has 0 spiro atoms. The molecule has 6 nitrogen and oxygen atoms in total. The highest BCUT2D eigenvalue weighted by Gasteiger charge is 2.04. The molecular formula is C18H14N4O2. The maximum absolute atomic E-state index is 11.8. The number of hydrogen-bond donors (Lipinski definition) is 2. The van der Waals surface area contributed by atoms with Crippen molar-refractivity contribution in [2.75, 3.05) is 10.6 Å². The SMILES string of the molecule is N#CC(C#N)=CNc1cccc(NC(=O)OCc2ccccc2)c1. The lowest BCUT2D eigenvalue weighted by molar-refractivity contribution is 0.155. The number of allylic oxidation sites excluding steroid dienone is 1. The summed E-state index contributed by atoms with van der Waals surface area (Å²) in [4.78, 5) is 11.8. The zero-order valence-corrected chi connectivity index (χ0v) is 12.7. The van der Waals surface area contributed by atoms with Gasteiger partial charge in [-0.1, -0.05) is 36.4 Å². The first-order valence-electron chi connectivity index (χ1n) is 7.06. The maximum atomic E-state index is 11.8. The van der Waals surface area contributed by atoms with E-state index in [1.165, 1.54) is 6.20 Å². The average Bonchev–Trinajstić information content (AvgIpc) is 2.62. The standard InChI is InChI=1S/C18H14N4O2/c19-10-15(11-20)12-21-16-7-4-8-17(9-16)22-18(23)24-13-14-5-2-1-3-6-14/h1-9,12,21H,13H2,(H,22,23). The molecular weight excluding hydrogens is 304 g/mol. The number of carbonyl (C=O) groups excluding carboxylic acids is 1. The van der Waals surface area contributed by atoms with Crippen LogP contribution in [-0.4, -0.2) is 6.09 Å². The van der Waals surface area contributed by atoms with Crippen molar-refractivity contribution in [2.24, 2.45) is 0 Å². The van der Waals surface area contributed by atoms with Crippen molar-refractivity contribution in [3.8, 4) is 12.1 Å². The molecule has 0 heterocycles. The summed E-state index contributed by atoms with van der Waals surface area (Å²) in [5.74, 6) is 0. The fourth-order valence-electron chi connectivity index (χ4n) is 1.81. The number of carbonyl (C=O) groups is 1. The number of nitrogens with zero attached hydrogens (tertiary/aromatic N) is 2. The van der Waals surface area contributed by atoms with Crippen LogP contribution in [0.5, 0.6) is 0 Å². The Labute approximate surface area is 139 Å². The molecule has 6 heteroatoms. The smallest absolute Gasteiger partial charge is 0.411 e. The molecule has 1 amide bonds. The largest absolute Gasteiger partial charge is 0.444 e. The van der Waals surface area contributed by atoms with Gasteiger partial charge in [-0.3, -0.25) is 5.32 Å². The van der Waals surface area contributed by atoms with Crippen LogP contribution in [0.15, 0.2) is 66.4 Å². The van der Waals surface area contributed by atoms with Crippen LogP contribution in [0, 0.1) is 22.7 Å². The van der Waals surface area contributed by atoms with Crippen molar-refractivity contribution >= 4 is 17.5 Å². The van der Waals surface area contributed by atoms with Gasteiger partial charge in [-0.25, -0.2) is 4.79 Å². The van der Waals surface area contributed by atoms with E-state index < -0.39 is 6.09 Å². The molecule has 0 saturated carbocycles. The summed E-state index contributed by atoms with van der Waals surface area (Å²) >= 11 is 0. The molecule has 0 saturated heterocycles. The van der Waals surface area contributed by atoms with Crippen LogP contribution in [0.1, 0.15) is 5.56 Å². The zero-order chi connectivity index (χ0) is 17.2. The minimum Gasteiger partial charge on any atom is -0.444 e. The Balaban J connectivity index is 1.92. The van der Waals surface area contributed by atoms with Gasteiger partial charge in [0.2, 0.25) is 0 Å². The van der Waals surface area contributed by atoms with Crippen molar-refractivity contribution in [3.63, 3.8) is 0 Å². The first-order valence-corrected chi connectivity index (χ1v) is 7.06. The average molecular weight is 318 g/mol. The molecule has 2 N–H and O–H groups in total. The van der Waals surface area contributed by atoms with E-state index in [2.05, 4.69) is 10.6 Å². The lowest BCUT2D eigenvalue weighted by atomic mass is 10.2. The minimum atomic E-state index is -0.568. The van der Waals surface area contributed by atoms with Crippen LogP contribution in [0.4, 0.5) is 16.2 Å². The highest BCUT2D eigenvalue weighted by Crippen LogP contribution is 2.16. The number of hydrogen-bond acceptors (Lipinski definition) is 5. The van der Waals surface area contributed by atoms with E-state index in [1.807, 2.05) is 30.3 Å². The molecule has 0 aromatic heterocycles. The van der Waals surface area contributed by atoms with Crippen molar-refractivity contribution < 1.29 is 9.53 Å². The quantitative estimate of drug-likeness (QED) is 0.818. The molecule has 2 aromatic carbocycles. The lowest BCUT2D eigenvalue weighted by Crippen LogP contribution is -2.13. The zero-order valence-electron chi connectivity index (χ0n) is 12.7. The number of anilines is 2. The predicted molar refractivity (Wildman–Crippen MR) is 89.6 cm³/mol. The van der Waals surface area contributed by atoms with Crippen molar-refractivity contribution in [1.82, 2.24) is 0 Å². The third-order valence-electron chi connectivity index (χ3n) is 2.95. The van der Waals surface area contributed by atoms with Crippen LogP contribution in [-0.2, 0) is 11.3 Å². The number of ether oxygens (including phenoxy) is 1. The van der Waals surface area contributed by atoms with Crippen LogP contribution in [0.2, 0.25) is 0 Å². The van der Waals surface area contributed by atoms with Gasteiger partial charge in [-0.15, -0.1) is 0 Å². The first-order chi connectivity index (χ1) is 11.7. The number of nitrogens with one attached hydrogen (secondary N) is 2. The highest BCUT2D eigenvalue weighted by molar-refractivity contribution is 5.85. The van der Waals surface area contributed by atoms with Gasteiger partial charge in [0.1, 0.15) is 24.3 Å². The Kier molecular flexibility index (Phi) is 5.96. The third kappa shape index (κ3) is 5.21. The third-order valence-corrected chi connectivity index (χ3v) is 2.95. The monoisotopic (exact) mass is 318 g/mol. The Morgan fingerprint density at radius 1 is 1.04 bits per heavy atom. The molecule has 0 atom stereocenters. The summed E-state index contributed by atoms with van der Waals surface area (Å²) in [6, 6.07) is 19.7. The van der Waals surface area contributed by atoms with Crippen molar-refractivity contribution in [2.45, 2.75) is 6.61 Å². The summed E-state index contributed by atoms with van der Waals surface area (Å²) in [6.45, 7) is 0.182. The Morgan fingerprint density at radius 3 is 2.46 bits per heavy atom. The molecule has 0 fully saturated rings. The van der Waals surface area contributed by atoms with Gasteiger partial charge in [0.15, 0.2) is 0 Å². The topological polar surface area (TPSA) is 97.9 Å². The summed E-state index contributed by atoms with van der Waals surface area (Å²) in [5.41, 5.74) is 2.00. The molecule has 0 aliphatic rings. The second-order valence-corrected chi connectivity index (χ2v) is 4.69. The van der Waals surface area contributed by atoms with Crippen molar-refractivity contribution in [1.29, 1.82) is 10.5 Å². The van der Waals surface area contributed by atoms with Crippen LogP contribution in [0.25, 0.3) is 0 Å². The van der Waals surface area contributed by atoms with Crippen LogP contribution in [0.3, 0.4) is 0 Å². The van der Waals surface area contributed by atoms with E-state index in [9.17, 15) is 4.79 Å². The Bertz CT molecular complexity index is 801. The summed E-state index contributed by atoms with van der Waals surface area (Å²) in [7, 11) is 0. The Hall–Kier alpha value is -3.77. The van der Waals surface area contributed by atoms with Gasteiger partial charge in [-0.2, -0.15) is 10.5 Å². The van der Waals surface area contributed by atoms with E-state index in [0.29, 0.717) is 11.4 Å². The van der Waals surface area contributed by atoms with Gasteiger partial charge in [0.05, 0.1) is 0 Å². The van der Waals surface area contributed by atoms with Crippen LogP contribution >= 0.6 is 0 Å². The fourth-order valence-corrected chi connectivity index (χ4v) is 1.81. The van der Waals surface area contributed by atoms with E-state index in [-0.39, 0.29) is 12.2 Å². The highest BCUT2D eigenvalue weighted by atomic mass is 16.5.